The number of nitrogens with zero attached hydrogens (tertiary/aromatic N) is 4. The van der Waals surface area contributed by atoms with Gasteiger partial charge in [-0.25, -0.2) is 0 Å². The number of amides is 1. The first-order chi connectivity index (χ1) is 12.6. The fourth-order valence-corrected chi connectivity index (χ4v) is 3.70. The first kappa shape index (κ1) is 18.2. The van der Waals surface area contributed by atoms with E-state index in [0.29, 0.717) is 11.7 Å². The summed E-state index contributed by atoms with van der Waals surface area (Å²) in [7, 11) is 0. The van der Waals surface area contributed by atoms with Gasteiger partial charge in [0, 0.05) is 12.2 Å². The molecule has 1 amide bonds. The second-order valence-electron chi connectivity index (χ2n) is 5.95. The zero-order chi connectivity index (χ0) is 18.5. The van der Waals surface area contributed by atoms with E-state index < -0.39 is 0 Å². The van der Waals surface area contributed by atoms with Crippen molar-refractivity contribution in [3.63, 3.8) is 0 Å². The zero-order valence-electron chi connectivity index (χ0n) is 15.2. The van der Waals surface area contributed by atoms with Gasteiger partial charge in [-0.15, -0.1) is 10.2 Å². The van der Waals surface area contributed by atoms with Gasteiger partial charge in [0.2, 0.25) is 5.91 Å². The van der Waals surface area contributed by atoms with Crippen molar-refractivity contribution in [1.82, 2.24) is 14.8 Å². The Morgan fingerprint density at radius 1 is 1.15 bits per heavy atom. The summed E-state index contributed by atoms with van der Waals surface area (Å²) < 4.78 is 1.93. The molecule has 26 heavy (non-hydrogen) atoms. The second kappa shape index (κ2) is 8.19. The molecule has 0 aliphatic carbocycles. The van der Waals surface area contributed by atoms with Crippen molar-refractivity contribution in [2.45, 2.75) is 31.2 Å². The lowest BCUT2D eigenvalue weighted by molar-refractivity contribution is -0.117. The summed E-state index contributed by atoms with van der Waals surface area (Å²) in [6, 6.07) is 17.8. The van der Waals surface area contributed by atoms with Gasteiger partial charge in [0.05, 0.1) is 10.9 Å². The standard InChI is InChI=1S/C20H22N4OS/c1-4-23(17-11-6-5-7-12-17)19(25)16(3)26-20-22-21-14-24(20)18-13-9-8-10-15(18)2/h5-14,16H,4H2,1-3H3/t16-/m0/s1. The van der Waals surface area contributed by atoms with E-state index in [2.05, 4.69) is 10.2 Å². The molecule has 1 aromatic heterocycles. The maximum Gasteiger partial charge on any atom is 0.240 e. The van der Waals surface area contributed by atoms with Crippen LogP contribution in [0.4, 0.5) is 5.69 Å². The number of hydrogen-bond acceptors (Lipinski definition) is 4. The van der Waals surface area contributed by atoms with Crippen LogP contribution in [0.3, 0.4) is 0 Å². The van der Waals surface area contributed by atoms with Gasteiger partial charge >= 0.3 is 0 Å². The molecule has 2 aromatic carbocycles. The van der Waals surface area contributed by atoms with Gasteiger partial charge in [-0.05, 0) is 44.5 Å². The van der Waals surface area contributed by atoms with Gasteiger partial charge in [0.15, 0.2) is 5.16 Å². The number of aryl methyl sites for hydroxylation is 1. The molecule has 0 spiro atoms. The molecular formula is C20H22N4OS. The Balaban J connectivity index is 1.81. The number of anilines is 1. The van der Waals surface area contributed by atoms with Gasteiger partial charge in [-0.1, -0.05) is 48.2 Å². The minimum Gasteiger partial charge on any atom is -0.312 e. The smallest absolute Gasteiger partial charge is 0.240 e. The second-order valence-corrected chi connectivity index (χ2v) is 7.26. The topological polar surface area (TPSA) is 51.0 Å². The van der Waals surface area contributed by atoms with E-state index >= 15 is 0 Å². The maximum absolute atomic E-state index is 13.0. The van der Waals surface area contributed by atoms with Crippen LogP contribution in [0.5, 0.6) is 0 Å². The van der Waals surface area contributed by atoms with E-state index in [9.17, 15) is 4.79 Å². The number of carbonyl (C=O) groups is 1. The van der Waals surface area contributed by atoms with Crippen LogP contribution >= 0.6 is 11.8 Å². The Morgan fingerprint density at radius 2 is 1.85 bits per heavy atom. The molecule has 6 heteroatoms. The molecule has 0 saturated carbocycles. The Hall–Kier alpha value is -2.60. The highest BCUT2D eigenvalue weighted by atomic mass is 32.2. The Labute approximate surface area is 158 Å². The van der Waals surface area contributed by atoms with E-state index in [-0.39, 0.29) is 11.2 Å². The number of benzene rings is 2. The van der Waals surface area contributed by atoms with Gasteiger partial charge < -0.3 is 4.90 Å². The third-order valence-corrected chi connectivity index (χ3v) is 5.22. The van der Waals surface area contributed by atoms with Crippen LogP contribution in [-0.4, -0.2) is 32.5 Å². The molecule has 3 rings (SSSR count). The molecule has 0 radical (unpaired) electrons. The van der Waals surface area contributed by atoms with Crippen LogP contribution in [0, 0.1) is 6.92 Å². The molecule has 134 valence electrons. The molecule has 1 atom stereocenters. The third-order valence-electron chi connectivity index (χ3n) is 4.17. The molecule has 0 aliphatic rings. The van der Waals surface area contributed by atoms with Crippen molar-refractivity contribution in [3.05, 3.63) is 66.5 Å². The van der Waals surface area contributed by atoms with Crippen LogP contribution in [-0.2, 0) is 4.79 Å². The van der Waals surface area contributed by atoms with Crippen molar-refractivity contribution in [2.75, 3.05) is 11.4 Å². The van der Waals surface area contributed by atoms with Gasteiger partial charge in [0.1, 0.15) is 6.33 Å². The predicted octanol–water partition coefficient (Wildman–Crippen LogP) is 4.11. The fourth-order valence-electron chi connectivity index (χ4n) is 2.81. The van der Waals surface area contributed by atoms with Crippen molar-refractivity contribution in [2.24, 2.45) is 0 Å². The van der Waals surface area contributed by atoms with Crippen LogP contribution in [0.15, 0.2) is 66.1 Å². The van der Waals surface area contributed by atoms with Gasteiger partial charge in [-0.3, -0.25) is 9.36 Å². The normalized spacial score (nSPS) is 12.0. The van der Waals surface area contributed by atoms with Crippen molar-refractivity contribution in [3.8, 4) is 5.69 Å². The van der Waals surface area contributed by atoms with Crippen molar-refractivity contribution < 1.29 is 4.79 Å². The molecule has 0 aliphatic heterocycles. The molecule has 0 unspecified atom stereocenters. The number of hydrogen-bond donors (Lipinski definition) is 0. The number of carbonyl (C=O) groups excluding carboxylic acids is 1. The summed E-state index contributed by atoms with van der Waals surface area (Å²) in [5.41, 5.74) is 3.07. The highest BCUT2D eigenvalue weighted by Gasteiger charge is 2.24. The van der Waals surface area contributed by atoms with E-state index in [1.54, 1.807) is 11.2 Å². The first-order valence-electron chi connectivity index (χ1n) is 8.61. The van der Waals surface area contributed by atoms with Crippen LogP contribution in [0.25, 0.3) is 5.69 Å². The highest BCUT2D eigenvalue weighted by molar-refractivity contribution is 8.00. The summed E-state index contributed by atoms with van der Waals surface area (Å²) >= 11 is 1.43. The van der Waals surface area contributed by atoms with Gasteiger partial charge in [0.25, 0.3) is 0 Å². The molecule has 3 aromatic rings. The Morgan fingerprint density at radius 3 is 2.54 bits per heavy atom. The number of rotatable bonds is 6. The summed E-state index contributed by atoms with van der Waals surface area (Å²) in [5.74, 6) is 0.0584. The lowest BCUT2D eigenvalue weighted by atomic mass is 10.2. The minimum absolute atomic E-state index is 0.0584. The lowest BCUT2D eigenvalue weighted by Gasteiger charge is -2.24. The average molecular weight is 366 g/mol. The lowest BCUT2D eigenvalue weighted by Crippen LogP contribution is -2.36. The molecule has 0 fully saturated rings. The molecule has 0 saturated heterocycles. The SMILES string of the molecule is CCN(C(=O)[C@H](C)Sc1nncn1-c1ccccc1C)c1ccccc1. The quantitative estimate of drug-likeness (QED) is 0.616. The molecule has 0 bridgehead atoms. The average Bonchev–Trinajstić information content (AvgIpc) is 3.11. The number of thioether (sulfide) groups is 1. The number of para-hydroxylation sites is 2. The van der Waals surface area contributed by atoms with E-state index in [1.807, 2.05) is 79.9 Å². The maximum atomic E-state index is 13.0. The monoisotopic (exact) mass is 366 g/mol. The van der Waals surface area contributed by atoms with Gasteiger partial charge in [-0.2, -0.15) is 0 Å². The molecule has 1 heterocycles. The van der Waals surface area contributed by atoms with E-state index in [1.165, 1.54) is 11.8 Å². The molecular weight excluding hydrogens is 344 g/mol. The van der Waals surface area contributed by atoms with E-state index in [4.69, 9.17) is 0 Å². The van der Waals surface area contributed by atoms with Crippen LogP contribution in [0.1, 0.15) is 19.4 Å². The summed E-state index contributed by atoms with van der Waals surface area (Å²) in [5, 5.41) is 8.70. The van der Waals surface area contributed by atoms with Crippen molar-refractivity contribution in [1.29, 1.82) is 0 Å². The van der Waals surface area contributed by atoms with Crippen molar-refractivity contribution >= 4 is 23.4 Å². The molecule has 0 N–H and O–H groups in total. The summed E-state index contributed by atoms with van der Waals surface area (Å²) in [6.45, 7) is 6.57. The largest absolute Gasteiger partial charge is 0.312 e. The highest BCUT2D eigenvalue weighted by Crippen LogP contribution is 2.27. The third kappa shape index (κ3) is 3.80. The minimum atomic E-state index is -0.276. The summed E-state index contributed by atoms with van der Waals surface area (Å²) in [6.07, 6.45) is 1.69. The predicted molar refractivity (Wildman–Crippen MR) is 106 cm³/mol. The van der Waals surface area contributed by atoms with Crippen LogP contribution < -0.4 is 4.90 Å². The summed E-state index contributed by atoms with van der Waals surface area (Å²) in [4.78, 5) is 14.8. The van der Waals surface area contributed by atoms with E-state index in [0.717, 1.165) is 16.9 Å². The fraction of sp³-hybridized carbons (Fsp3) is 0.250. The molecule has 5 nitrogen and oxygen atoms in total. The first-order valence-corrected chi connectivity index (χ1v) is 9.49. The van der Waals surface area contributed by atoms with Crippen LogP contribution in [0.2, 0.25) is 0 Å². The number of aromatic nitrogens is 3. The zero-order valence-corrected chi connectivity index (χ0v) is 16.0. The Bertz CT molecular complexity index is 878. The Kier molecular flexibility index (Phi) is 5.73.